The van der Waals surface area contributed by atoms with Crippen molar-refractivity contribution in [2.45, 2.75) is 49.1 Å². The Morgan fingerprint density at radius 1 is 1.34 bits per heavy atom. The first kappa shape index (κ1) is 29.1. The van der Waals surface area contributed by atoms with Gasteiger partial charge in [0.2, 0.25) is 0 Å². The molecule has 41 heavy (non-hydrogen) atoms. The Morgan fingerprint density at radius 2 is 2.20 bits per heavy atom. The van der Waals surface area contributed by atoms with E-state index in [0.29, 0.717) is 28.4 Å². The summed E-state index contributed by atoms with van der Waals surface area (Å²) in [6.07, 6.45) is 4.23. The highest BCUT2D eigenvalue weighted by Crippen LogP contribution is 2.41. The number of fused-ring (bicyclic) bond motifs is 2. The van der Waals surface area contributed by atoms with Gasteiger partial charge in [-0.15, -0.1) is 11.8 Å². The molecule has 1 aromatic heterocycles. The molecule has 0 radical (unpaired) electrons. The first-order chi connectivity index (χ1) is 19.8. The summed E-state index contributed by atoms with van der Waals surface area (Å²) in [7, 11) is 2.08. The van der Waals surface area contributed by atoms with Crippen LogP contribution in [0.15, 0.2) is 47.6 Å². The van der Waals surface area contributed by atoms with Gasteiger partial charge in [-0.1, -0.05) is 30.3 Å². The highest BCUT2D eigenvalue weighted by Gasteiger charge is 2.23. The molecule has 8 nitrogen and oxygen atoms in total. The fourth-order valence-corrected chi connectivity index (χ4v) is 6.64. The summed E-state index contributed by atoms with van der Waals surface area (Å²) in [5.74, 6) is -0.524. The maximum Gasteiger partial charge on any atom is 0.318 e. The third kappa shape index (κ3) is 6.75. The van der Waals surface area contributed by atoms with Gasteiger partial charge in [-0.05, 0) is 74.4 Å². The summed E-state index contributed by atoms with van der Waals surface area (Å²) >= 11 is 8.76. The number of nitriles is 1. The summed E-state index contributed by atoms with van der Waals surface area (Å²) in [5, 5.41) is 16.2. The van der Waals surface area contributed by atoms with Crippen molar-refractivity contribution in [2.75, 3.05) is 37.8 Å². The Hall–Kier alpha value is -3.39. The molecule has 214 valence electrons. The van der Waals surface area contributed by atoms with Crippen LogP contribution in [0.3, 0.4) is 0 Å². The number of likely N-dealkylation sites (N-methyl/N-ethyl adjacent to an activating group) is 1. The highest BCUT2D eigenvalue weighted by molar-refractivity contribution is 7.99. The zero-order chi connectivity index (χ0) is 28.9. The lowest BCUT2D eigenvalue weighted by Crippen LogP contribution is -2.39. The SMILES string of the molecule is C=C(F)C(=O)N[C@@H](CC#N)CNc1nc(OC[C@@H]2CCCN2C)nc2cc(-c3cccc4c3CCCS4)c(Cl)cc12. The molecule has 0 aliphatic carbocycles. The standard InChI is InChI=1S/C30H32ClFN6O2S/c1-18(32)29(39)35-19(10-11-33)16-34-28-24-14-25(31)23(21-7-3-9-27-22(21)8-5-13-41-27)15-26(24)36-30(37-28)40-17-20-6-4-12-38(20)2/h3,7,9,14-15,19-20H,1,4-6,8,10,12-13,16-17H2,2H3,(H,35,39)(H,34,36,37)/t19-,20-/m0/s1. The van der Waals surface area contributed by atoms with E-state index in [1.165, 1.54) is 10.5 Å². The average Bonchev–Trinajstić information content (AvgIpc) is 3.38. The van der Waals surface area contributed by atoms with Gasteiger partial charge in [0.1, 0.15) is 12.4 Å². The van der Waals surface area contributed by atoms with E-state index < -0.39 is 17.8 Å². The largest absolute Gasteiger partial charge is 0.462 e. The molecule has 2 aliphatic heterocycles. The Labute approximate surface area is 248 Å². The second kappa shape index (κ2) is 13.1. The number of rotatable bonds is 10. The third-order valence-corrected chi connectivity index (χ3v) is 9.03. The minimum Gasteiger partial charge on any atom is -0.462 e. The van der Waals surface area contributed by atoms with Crippen LogP contribution in [-0.4, -0.2) is 65.4 Å². The minimum atomic E-state index is -1.12. The monoisotopic (exact) mass is 594 g/mol. The zero-order valence-electron chi connectivity index (χ0n) is 22.9. The van der Waals surface area contributed by atoms with Crippen molar-refractivity contribution in [1.82, 2.24) is 20.2 Å². The number of carbonyl (C=O) groups excluding carboxylic acids is 1. The summed E-state index contributed by atoms with van der Waals surface area (Å²) in [6.45, 7) is 4.63. The Kier molecular flexibility index (Phi) is 9.28. The number of aromatic nitrogens is 2. The van der Waals surface area contributed by atoms with Gasteiger partial charge in [-0.25, -0.2) is 4.39 Å². The van der Waals surface area contributed by atoms with Gasteiger partial charge in [0.15, 0.2) is 5.83 Å². The molecular formula is C30H32ClFN6O2S. The number of anilines is 1. The van der Waals surface area contributed by atoms with Crippen LogP contribution < -0.4 is 15.4 Å². The number of ether oxygens (including phenoxy) is 1. The van der Waals surface area contributed by atoms with Crippen LogP contribution in [0.5, 0.6) is 6.01 Å². The predicted octanol–water partition coefficient (Wildman–Crippen LogP) is 5.76. The number of benzene rings is 2. The van der Waals surface area contributed by atoms with Crippen LogP contribution in [0.25, 0.3) is 22.0 Å². The zero-order valence-corrected chi connectivity index (χ0v) is 24.5. The first-order valence-corrected chi connectivity index (χ1v) is 15.1. The average molecular weight is 595 g/mol. The third-order valence-electron chi connectivity index (χ3n) is 7.53. The summed E-state index contributed by atoms with van der Waals surface area (Å²) in [5.41, 5.74) is 3.92. The molecule has 2 aliphatic rings. The Balaban J connectivity index is 1.51. The van der Waals surface area contributed by atoms with Gasteiger partial charge in [-0.3, -0.25) is 4.79 Å². The van der Waals surface area contributed by atoms with Crippen molar-refractivity contribution in [2.24, 2.45) is 0 Å². The van der Waals surface area contributed by atoms with E-state index in [4.69, 9.17) is 21.3 Å². The smallest absolute Gasteiger partial charge is 0.318 e. The molecule has 1 saturated heterocycles. The summed E-state index contributed by atoms with van der Waals surface area (Å²) in [6, 6.07) is 12.0. The van der Waals surface area contributed by atoms with E-state index in [0.717, 1.165) is 49.1 Å². The number of halogens is 2. The van der Waals surface area contributed by atoms with Crippen LogP contribution in [-0.2, 0) is 11.2 Å². The van der Waals surface area contributed by atoms with Gasteiger partial charge in [0.05, 0.1) is 24.0 Å². The summed E-state index contributed by atoms with van der Waals surface area (Å²) in [4.78, 5) is 24.8. The van der Waals surface area contributed by atoms with E-state index in [2.05, 4.69) is 52.3 Å². The van der Waals surface area contributed by atoms with Crippen molar-refractivity contribution in [3.63, 3.8) is 0 Å². The van der Waals surface area contributed by atoms with Crippen LogP contribution in [0.4, 0.5) is 10.2 Å². The van der Waals surface area contributed by atoms with E-state index in [9.17, 15) is 14.4 Å². The van der Waals surface area contributed by atoms with Gasteiger partial charge < -0.3 is 20.3 Å². The second-order valence-electron chi connectivity index (χ2n) is 10.3. The molecule has 1 amide bonds. The van der Waals surface area contributed by atoms with Crippen molar-refractivity contribution >= 4 is 46.0 Å². The van der Waals surface area contributed by atoms with Crippen LogP contribution in [0, 0.1) is 11.3 Å². The molecule has 3 aromatic rings. The summed E-state index contributed by atoms with van der Waals surface area (Å²) < 4.78 is 19.4. The number of nitrogens with one attached hydrogen (secondary N) is 2. The molecule has 2 N–H and O–H groups in total. The van der Waals surface area contributed by atoms with Gasteiger partial charge >= 0.3 is 6.01 Å². The minimum absolute atomic E-state index is 0.0333. The van der Waals surface area contributed by atoms with E-state index >= 15 is 0 Å². The lowest BCUT2D eigenvalue weighted by Gasteiger charge is -2.21. The van der Waals surface area contributed by atoms with Gasteiger partial charge in [0, 0.05) is 33.5 Å². The number of amides is 1. The van der Waals surface area contributed by atoms with Crippen molar-refractivity contribution in [1.29, 1.82) is 5.26 Å². The molecule has 3 heterocycles. The quantitative estimate of drug-likeness (QED) is 0.286. The van der Waals surface area contributed by atoms with Gasteiger partial charge in [-0.2, -0.15) is 15.2 Å². The fourth-order valence-electron chi connectivity index (χ4n) is 5.30. The van der Waals surface area contributed by atoms with Crippen molar-refractivity contribution < 1.29 is 13.9 Å². The van der Waals surface area contributed by atoms with Crippen LogP contribution in [0.2, 0.25) is 5.02 Å². The van der Waals surface area contributed by atoms with E-state index in [-0.39, 0.29) is 25.0 Å². The molecule has 0 unspecified atom stereocenters. The first-order valence-electron chi connectivity index (χ1n) is 13.7. The molecule has 0 saturated carbocycles. The van der Waals surface area contributed by atoms with E-state index in [1.807, 2.05) is 30.0 Å². The molecule has 2 aromatic carbocycles. The molecule has 11 heteroatoms. The predicted molar refractivity (Wildman–Crippen MR) is 161 cm³/mol. The molecule has 0 bridgehead atoms. The van der Waals surface area contributed by atoms with Crippen LogP contribution >= 0.6 is 23.4 Å². The molecule has 1 fully saturated rings. The van der Waals surface area contributed by atoms with Crippen LogP contribution in [0.1, 0.15) is 31.2 Å². The number of thioether (sulfide) groups is 1. The lowest BCUT2D eigenvalue weighted by molar-refractivity contribution is -0.119. The molecule has 5 rings (SSSR count). The number of nitrogens with zero attached hydrogens (tertiary/aromatic N) is 4. The van der Waals surface area contributed by atoms with Crippen molar-refractivity contribution in [3.8, 4) is 23.2 Å². The Bertz CT molecular complexity index is 1510. The lowest BCUT2D eigenvalue weighted by atomic mass is 9.95. The second-order valence-corrected chi connectivity index (χ2v) is 11.9. The number of likely N-dealkylation sites (tertiary alicyclic amines) is 1. The number of hydrogen-bond acceptors (Lipinski definition) is 8. The van der Waals surface area contributed by atoms with E-state index in [1.54, 1.807) is 0 Å². The maximum atomic E-state index is 13.3. The molecule has 2 atom stereocenters. The molecule has 0 spiro atoms. The van der Waals surface area contributed by atoms with Gasteiger partial charge in [0.25, 0.3) is 5.91 Å². The Morgan fingerprint density at radius 3 is 2.95 bits per heavy atom. The number of carbonyl (C=O) groups is 1. The fraction of sp³-hybridized carbons (Fsp3) is 0.400. The number of hydrogen-bond donors (Lipinski definition) is 2. The normalized spacial score (nSPS) is 17.5. The molecular weight excluding hydrogens is 563 g/mol. The van der Waals surface area contributed by atoms with Crippen molar-refractivity contribution in [3.05, 3.63) is 53.3 Å². The highest BCUT2D eigenvalue weighted by atomic mass is 35.5. The topological polar surface area (TPSA) is 103 Å². The maximum absolute atomic E-state index is 13.3.